The molecule has 0 aromatic heterocycles. The van der Waals surface area contributed by atoms with Gasteiger partial charge in [0.2, 0.25) is 0 Å². The zero-order valence-electron chi connectivity index (χ0n) is 28.8. The van der Waals surface area contributed by atoms with Gasteiger partial charge in [-0.25, -0.2) is 4.79 Å². The summed E-state index contributed by atoms with van der Waals surface area (Å²) in [4.78, 5) is 17.6. The molecule has 1 fully saturated rings. The Hall–Kier alpha value is -3.83. The SMILES string of the molecule is CCN[C@H](C)CO[C@@H]1CN(C(=O)OCc2ccccc2)C[C@H](OCc2ccc3c(c2)N(CCCOC)CCO3)[C@H]1c1ccc(OC)cc1. The van der Waals surface area contributed by atoms with E-state index in [9.17, 15) is 4.79 Å². The van der Waals surface area contributed by atoms with E-state index in [2.05, 4.69) is 48.3 Å². The largest absolute Gasteiger partial charge is 0.497 e. The fourth-order valence-electron chi connectivity index (χ4n) is 6.42. The fraction of sp³-hybridized carbons (Fsp3) is 0.500. The van der Waals surface area contributed by atoms with Crippen LogP contribution in [0.25, 0.3) is 0 Å². The summed E-state index contributed by atoms with van der Waals surface area (Å²) >= 11 is 0. The number of methoxy groups -OCH3 is 2. The Bertz CT molecular complexity index is 1410. The van der Waals surface area contributed by atoms with E-state index in [1.165, 1.54) is 0 Å². The van der Waals surface area contributed by atoms with E-state index in [1.54, 1.807) is 19.1 Å². The van der Waals surface area contributed by atoms with Crippen molar-refractivity contribution in [1.82, 2.24) is 10.2 Å². The molecule has 0 radical (unpaired) electrons. The molecular weight excluding hydrogens is 610 g/mol. The third kappa shape index (κ3) is 9.63. The smallest absolute Gasteiger partial charge is 0.410 e. The summed E-state index contributed by atoms with van der Waals surface area (Å²) in [6.07, 6.45) is -0.130. The predicted octanol–water partition coefficient (Wildman–Crippen LogP) is 5.64. The number of fused-ring (bicyclic) bond motifs is 1. The first-order valence-electron chi connectivity index (χ1n) is 17.0. The molecule has 10 nitrogen and oxygen atoms in total. The van der Waals surface area contributed by atoms with Crippen LogP contribution in [0.2, 0.25) is 0 Å². The van der Waals surface area contributed by atoms with Gasteiger partial charge in [-0.1, -0.05) is 55.5 Å². The minimum absolute atomic E-state index is 0.130. The highest BCUT2D eigenvalue weighted by molar-refractivity contribution is 5.68. The molecular formula is C38H51N3O7. The molecule has 1 amide bonds. The van der Waals surface area contributed by atoms with Crippen molar-refractivity contribution < 1.29 is 33.2 Å². The van der Waals surface area contributed by atoms with Crippen LogP contribution in [0.1, 0.15) is 42.9 Å². The molecule has 1 N–H and O–H groups in total. The minimum Gasteiger partial charge on any atom is -0.497 e. The van der Waals surface area contributed by atoms with Crippen molar-refractivity contribution in [2.24, 2.45) is 0 Å². The number of ether oxygens (including phenoxy) is 6. The standard InChI is InChI=1S/C38H51N3O7/c1-5-39-28(2)25-46-35-23-41(38(42)48-26-29-10-7-6-8-11-29)24-36(37(35)31-13-15-32(44-4)16-14-31)47-27-30-12-17-34-33(22-30)40(19-21-45-34)18-9-20-43-3/h6-8,10-17,22,28,35-37,39H,5,9,18-21,23-27H2,1-4H3/t28-,35-,36+,37+/m1/s1. The molecule has 2 aliphatic heterocycles. The first-order valence-corrected chi connectivity index (χ1v) is 17.0. The first-order chi connectivity index (χ1) is 23.5. The molecule has 1 saturated heterocycles. The van der Waals surface area contributed by atoms with Gasteiger partial charge in [-0.3, -0.25) is 0 Å². The number of hydrogen-bond acceptors (Lipinski definition) is 9. The van der Waals surface area contributed by atoms with Crippen molar-refractivity contribution in [3.8, 4) is 11.5 Å². The Kier molecular flexibility index (Phi) is 13.4. The normalized spacial score (nSPS) is 19.7. The number of likely N-dealkylation sites (tertiary alicyclic amines) is 1. The molecule has 2 aliphatic rings. The molecule has 0 bridgehead atoms. The molecule has 4 atom stereocenters. The number of hydrogen-bond donors (Lipinski definition) is 1. The summed E-state index contributed by atoms with van der Waals surface area (Å²) in [5, 5.41) is 3.43. The molecule has 0 saturated carbocycles. The number of nitrogens with one attached hydrogen (secondary N) is 1. The maximum absolute atomic E-state index is 13.5. The second-order valence-corrected chi connectivity index (χ2v) is 12.4. The Morgan fingerprint density at radius 2 is 1.73 bits per heavy atom. The number of rotatable bonds is 16. The van der Waals surface area contributed by atoms with Gasteiger partial charge in [-0.2, -0.15) is 0 Å². The molecule has 0 spiro atoms. The monoisotopic (exact) mass is 661 g/mol. The molecule has 3 aromatic carbocycles. The lowest BCUT2D eigenvalue weighted by atomic mass is 9.84. The second-order valence-electron chi connectivity index (χ2n) is 12.4. The lowest BCUT2D eigenvalue weighted by Gasteiger charge is -2.43. The maximum atomic E-state index is 13.5. The number of nitrogens with zero attached hydrogens (tertiary/aromatic N) is 2. The molecule has 48 heavy (non-hydrogen) atoms. The van der Waals surface area contributed by atoms with Crippen molar-refractivity contribution in [3.63, 3.8) is 0 Å². The van der Waals surface area contributed by atoms with Crippen LogP contribution in [0.4, 0.5) is 10.5 Å². The molecule has 10 heteroatoms. The number of anilines is 1. The van der Waals surface area contributed by atoms with Gasteiger partial charge in [0.05, 0.1) is 57.9 Å². The van der Waals surface area contributed by atoms with Gasteiger partial charge in [0.15, 0.2) is 0 Å². The van der Waals surface area contributed by atoms with E-state index in [4.69, 9.17) is 28.4 Å². The summed E-state index contributed by atoms with van der Waals surface area (Å²) in [5.41, 5.74) is 4.11. The highest BCUT2D eigenvalue weighted by atomic mass is 16.6. The molecule has 260 valence electrons. The number of likely N-dealkylation sites (N-methyl/N-ethyl adjacent to an activating group) is 1. The van der Waals surface area contributed by atoms with Crippen molar-refractivity contribution in [2.45, 2.75) is 57.6 Å². The molecule has 2 heterocycles. The van der Waals surface area contributed by atoms with Crippen LogP contribution in [-0.4, -0.2) is 96.0 Å². The topological polar surface area (TPSA) is 91.0 Å². The summed E-state index contributed by atoms with van der Waals surface area (Å²) in [7, 11) is 3.40. The van der Waals surface area contributed by atoms with Crippen LogP contribution in [0.5, 0.6) is 11.5 Å². The van der Waals surface area contributed by atoms with Crippen molar-refractivity contribution >= 4 is 11.8 Å². The Morgan fingerprint density at radius 1 is 0.958 bits per heavy atom. The van der Waals surface area contributed by atoms with Gasteiger partial charge in [-0.05, 0) is 60.8 Å². The van der Waals surface area contributed by atoms with Crippen molar-refractivity contribution in [2.75, 3.05) is 71.7 Å². The summed E-state index contributed by atoms with van der Waals surface area (Å²) in [6, 6.07) is 24.2. The lowest BCUT2D eigenvalue weighted by Crippen LogP contribution is -2.55. The van der Waals surface area contributed by atoms with Gasteiger partial charge in [0.1, 0.15) is 24.7 Å². The van der Waals surface area contributed by atoms with Crippen LogP contribution in [0.3, 0.4) is 0 Å². The molecule has 0 unspecified atom stereocenters. The Balaban J connectivity index is 1.38. The van der Waals surface area contributed by atoms with Gasteiger partial charge in [-0.15, -0.1) is 0 Å². The summed E-state index contributed by atoms with van der Waals surface area (Å²) in [5.74, 6) is 1.53. The maximum Gasteiger partial charge on any atom is 0.410 e. The molecule has 3 aromatic rings. The minimum atomic E-state index is -0.383. The van der Waals surface area contributed by atoms with E-state index >= 15 is 0 Å². The van der Waals surface area contributed by atoms with Crippen molar-refractivity contribution in [1.29, 1.82) is 0 Å². The van der Waals surface area contributed by atoms with Crippen LogP contribution >= 0.6 is 0 Å². The third-order valence-electron chi connectivity index (χ3n) is 8.90. The molecule has 5 rings (SSSR count). The second kappa shape index (κ2) is 18.1. The number of carbonyl (C=O) groups excluding carboxylic acids is 1. The number of carbonyl (C=O) groups is 1. The van der Waals surface area contributed by atoms with E-state index < -0.39 is 0 Å². The van der Waals surface area contributed by atoms with Crippen LogP contribution in [0.15, 0.2) is 72.8 Å². The zero-order chi connectivity index (χ0) is 33.7. The summed E-state index contributed by atoms with van der Waals surface area (Å²) in [6.45, 7) is 9.92. The fourth-order valence-corrected chi connectivity index (χ4v) is 6.42. The number of amides is 1. The van der Waals surface area contributed by atoms with Crippen LogP contribution in [0, 0.1) is 0 Å². The van der Waals surface area contributed by atoms with Gasteiger partial charge >= 0.3 is 6.09 Å². The number of piperidine rings is 1. The van der Waals surface area contributed by atoms with Crippen LogP contribution < -0.4 is 19.7 Å². The van der Waals surface area contributed by atoms with Crippen molar-refractivity contribution in [3.05, 3.63) is 89.5 Å². The van der Waals surface area contributed by atoms with E-state index in [-0.39, 0.29) is 36.9 Å². The van der Waals surface area contributed by atoms with Gasteiger partial charge in [0.25, 0.3) is 0 Å². The van der Waals surface area contributed by atoms with Gasteiger partial charge in [0, 0.05) is 32.2 Å². The Labute approximate surface area is 285 Å². The van der Waals surface area contributed by atoms with E-state index in [0.717, 1.165) is 59.9 Å². The van der Waals surface area contributed by atoms with Gasteiger partial charge < -0.3 is 43.5 Å². The number of benzene rings is 3. The highest BCUT2D eigenvalue weighted by Crippen LogP contribution is 2.36. The average molecular weight is 662 g/mol. The first kappa shape index (κ1) is 35.5. The quantitative estimate of drug-likeness (QED) is 0.196. The van der Waals surface area contributed by atoms with Crippen LogP contribution in [-0.2, 0) is 32.2 Å². The predicted molar refractivity (Wildman–Crippen MR) is 186 cm³/mol. The average Bonchev–Trinajstić information content (AvgIpc) is 3.12. The lowest BCUT2D eigenvalue weighted by molar-refractivity contribution is -0.0940. The Morgan fingerprint density at radius 3 is 2.46 bits per heavy atom. The van der Waals surface area contributed by atoms with E-state index in [1.807, 2.05) is 48.5 Å². The molecule has 0 aliphatic carbocycles. The van der Waals surface area contributed by atoms with E-state index in [0.29, 0.717) is 39.5 Å². The summed E-state index contributed by atoms with van der Waals surface area (Å²) < 4.78 is 35.9. The zero-order valence-corrected chi connectivity index (χ0v) is 28.8. The highest BCUT2D eigenvalue weighted by Gasteiger charge is 2.42. The third-order valence-corrected chi connectivity index (χ3v) is 8.90.